The zero-order valence-corrected chi connectivity index (χ0v) is 8.19. The van der Waals surface area contributed by atoms with Crippen molar-refractivity contribution in [1.29, 1.82) is 0 Å². The number of nitrogens with two attached hydrogens (primary N) is 1. The summed E-state index contributed by atoms with van der Waals surface area (Å²) >= 11 is 0. The Morgan fingerprint density at radius 2 is 2.36 bits per heavy atom. The molecule has 0 unspecified atom stereocenters. The molecule has 0 radical (unpaired) electrons. The summed E-state index contributed by atoms with van der Waals surface area (Å²) in [4.78, 5) is 4.12. The smallest absolute Gasteiger partial charge is 0.217 e. The van der Waals surface area contributed by atoms with Crippen LogP contribution in [-0.2, 0) is 6.54 Å². The van der Waals surface area contributed by atoms with Crippen molar-refractivity contribution in [3.63, 3.8) is 0 Å². The van der Waals surface area contributed by atoms with Gasteiger partial charge in [-0.15, -0.1) is 0 Å². The highest BCUT2D eigenvalue weighted by Gasteiger charge is 2.23. The van der Waals surface area contributed by atoms with Crippen molar-refractivity contribution in [2.75, 3.05) is 7.11 Å². The van der Waals surface area contributed by atoms with Crippen LogP contribution in [0.3, 0.4) is 0 Å². The van der Waals surface area contributed by atoms with Crippen LogP contribution in [0.25, 0.3) is 0 Å². The average Bonchev–Trinajstić information content (AvgIpc) is 3.01. The number of pyridine rings is 1. The van der Waals surface area contributed by atoms with E-state index in [0.29, 0.717) is 18.5 Å². The molecule has 4 nitrogen and oxygen atoms in total. The number of nitrogens with zero attached hydrogens (tertiary/aromatic N) is 1. The van der Waals surface area contributed by atoms with Gasteiger partial charge in [0.25, 0.3) is 0 Å². The Kier molecular flexibility index (Phi) is 2.54. The fraction of sp³-hybridized carbons (Fsp3) is 0.500. The van der Waals surface area contributed by atoms with Crippen molar-refractivity contribution in [3.05, 3.63) is 17.8 Å². The van der Waals surface area contributed by atoms with Crippen LogP contribution in [0.15, 0.2) is 12.3 Å². The van der Waals surface area contributed by atoms with Crippen LogP contribution < -0.4 is 15.2 Å². The fourth-order valence-electron chi connectivity index (χ4n) is 1.25. The monoisotopic (exact) mass is 194 g/mol. The summed E-state index contributed by atoms with van der Waals surface area (Å²) in [5.74, 6) is 1.37. The molecule has 2 rings (SSSR count). The van der Waals surface area contributed by atoms with Crippen molar-refractivity contribution in [3.8, 4) is 11.6 Å². The Labute approximate surface area is 83.0 Å². The van der Waals surface area contributed by atoms with Gasteiger partial charge >= 0.3 is 0 Å². The zero-order valence-electron chi connectivity index (χ0n) is 8.19. The third-order valence-corrected chi connectivity index (χ3v) is 2.14. The first kappa shape index (κ1) is 9.27. The molecule has 0 spiro atoms. The van der Waals surface area contributed by atoms with Crippen LogP contribution in [0.2, 0.25) is 0 Å². The summed E-state index contributed by atoms with van der Waals surface area (Å²) in [5, 5.41) is 0. The second-order valence-corrected chi connectivity index (χ2v) is 3.36. The van der Waals surface area contributed by atoms with E-state index in [-0.39, 0.29) is 0 Å². The first-order chi connectivity index (χ1) is 6.83. The van der Waals surface area contributed by atoms with Gasteiger partial charge in [-0.25, -0.2) is 4.98 Å². The maximum absolute atomic E-state index is 5.59. The van der Waals surface area contributed by atoms with Gasteiger partial charge in [0, 0.05) is 12.1 Å². The van der Waals surface area contributed by atoms with Crippen molar-refractivity contribution < 1.29 is 9.47 Å². The number of ether oxygens (including phenoxy) is 2. The van der Waals surface area contributed by atoms with Gasteiger partial charge in [-0.1, -0.05) is 0 Å². The van der Waals surface area contributed by atoms with E-state index >= 15 is 0 Å². The number of rotatable bonds is 4. The number of hydrogen-bond acceptors (Lipinski definition) is 4. The van der Waals surface area contributed by atoms with Crippen LogP contribution >= 0.6 is 0 Å². The zero-order chi connectivity index (χ0) is 9.97. The highest BCUT2D eigenvalue weighted by atomic mass is 16.5. The van der Waals surface area contributed by atoms with Crippen LogP contribution in [0, 0.1) is 0 Å². The fourth-order valence-corrected chi connectivity index (χ4v) is 1.25. The Hall–Kier alpha value is -1.29. The molecule has 14 heavy (non-hydrogen) atoms. The van der Waals surface area contributed by atoms with Gasteiger partial charge in [-0.3, -0.25) is 0 Å². The molecular weight excluding hydrogens is 180 g/mol. The minimum absolute atomic E-state index is 0.385. The molecule has 76 valence electrons. The van der Waals surface area contributed by atoms with Crippen LogP contribution in [0.5, 0.6) is 11.6 Å². The summed E-state index contributed by atoms with van der Waals surface area (Å²) < 4.78 is 10.7. The standard InChI is InChI=1S/C10H14N2O2/c1-13-10-7(5-11)4-9(6-12-10)14-8-2-3-8/h4,6,8H,2-3,5,11H2,1H3. The molecule has 1 aliphatic carbocycles. The van der Waals surface area contributed by atoms with Gasteiger partial charge in [0.2, 0.25) is 5.88 Å². The molecule has 0 amide bonds. The molecule has 0 bridgehead atoms. The molecular formula is C10H14N2O2. The highest BCUT2D eigenvalue weighted by Crippen LogP contribution is 2.28. The van der Waals surface area contributed by atoms with Gasteiger partial charge in [0.15, 0.2) is 0 Å². The molecule has 4 heteroatoms. The third kappa shape index (κ3) is 1.96. The lowest BCUT2D eigenvalue weighted by Gasteiger charge is -2.08. The normalized spacial score (nSPS) is 15.3. The molecule has 1 aromatic heterocycles. The van der Waals surface area contributed by atoms with E-state index < -0.39 is 0 Å². The minimum atomic E-state index is 0.385. The molecule has 1 fully saturated rings. The van der Waals surface area contributed by atoms with E-state index in [1.54, 1.807) is 13.3 Å². The summed E-state index contributed by atoms with van der Waals surface area (Å²) in [7, 11) is 1.59. The summed E-state index contributed by atoms with van der Waals surface area (Å²) in [6.45, 7) is 0.415. The predicted molar refractivity (Wildman–Crippen MR) is 52.3 cm³/mol. The molecule has 1 aromatic rings. The Morgan fingerprint density at radius 3 is 2.93 bits per heavy atom. The topological polar surface area (TPSA) is 57.4 Å². The average molecular weight is 194 g/mol. The maximum atomic E-state index is 5.59. The second kappa shape index (κ2) is 3.84. The maximum Gasteiger partial charge on any atom is 0.217 e. The van der Waals surface area contributed by atoms with E-state index in [1.165, 1.54) is 0 Å². The number of methoxy groups -OCH3 is 1. The SMILES string of the molecule is COc1ncc(OC2CC2)cc1CN. The molecule has 1 aliphatic rings. The van der Waals surface area contributed by atoms with Crippen molar-refractivity contribution in [1.82, 2.24) is 4.98 Å². The molecule has 0 saturated heterocycles. The van der Waals surface area contributed by atoms with Crippen molar-refractivity contribution in [2.45, 2.75) is 25.5 Å². The molecule has 0 aromatic carbocycles. The lowest BCUT2D eigenvalue weighted by molar-refractivity contribution is 0.299. The first-order valence-corrected chi connectivity index (χ1v) is 4.73. The first-order valence-electron chi connectivity index (χ1n) is 4.73. The quantitative estimate of drug-likeness (QED) is 0.779. The molecule has 0 atom stereocenters. The van der Waals surface area contributed by atoms with Crippen LogP contribution in [0.4, 0.5) is 0 Å². The lowest BCUT2D eigenvalue weighted by Crippen LogP contribution is -2.03. The lowest BCUT2D eigenvalue weighted by atomic mass is 10.2. The van der Waals surface area contributed by atoms with E-state index in [4.69, 9.17) is 15.2 Å². The van der Waals surface area contributed by atoms with E-state index in [1.807, 2.05) is 6.07 Å². The molecule has 1 saturated carbocycles. The summed E-state index contributed by atoms with van der Waals surface area (Å²) in [6.07, 6.45) is 4.35. The van der Waals surface area contributed by atoms with E-state index in [0.717, 1.165) is 24.2 Å². The third-order valence-electron chi connectivity index (χ3n) is 2.14. The Balaban J connectivity index is 2.16. The largest absolute Gasteiger partial charge is 0.489 e. The Morgan fingerprint density at radius 1 is 1.57 bits per heavy atom. The van der Waals surface area contributed by atoms with E-state index in [2.05, 4.69) is 4.98 Å². The van der Waals surface area contributed by atoms with Gasteiger partial charge in [0.05, 0.1) is 19.4 Å². The molecule has 0 aliphatic heterocycles. The van der Waals surface area contributed by atoms with Gasteiger partial charge in [-0.2, -0.15) is 0 Å². The number of hydrogen-bond donors (Lipinski definition) is 1. The second-order valence-electron chi connectivity index (χ2n) is 3.36. The van der Waals surface area contributed by atoms with Crippen molar-refractivity contribution >= 4 is 0 Å². The van der Waals surface area contributed by atoms with Gasteiger partial charge in [0.1, 0.15) is 5.75 Å². The minimum Gasteiger partial charge on any atom is -0.489 e. The predicted octanol–water partition coefficient (Wildman–Crippen LogP) is 1.09. The highest BCUT2D eigenvalue weighted by molar-refractivity contribution is 5.33. The summed E-state index contributed by atoms with van der Waals surface area (Å²) in [5.41, 5.74) is 6.45. The van der Waals surface area contributed by atoms with Crippen molar-refractivity contribution in [2.24, 2.45) is 5.73 Å². The van der Waals surface area contributed by atoms with Gasteiger partial charge < -0.3 is 15.2 Å². The number of aromatic nitrogens is 1. The Bertz CT molecular complexity index is 324. The van der Waals surface area contributed by atoms with Gasteiger partial charge in [-0.05, 0) is 18.9 Å². The molecule has 1 heterocycles. The van der Waals surface area contributed by atoms with Crippen LogP contribution in [0.1, 0.15) is 18.4 Å². The molecule has 2 N–H and O–H groups in total. The van der Waals surface area contributed by atoms with E-state index in [9.17, 15) is 0 Å². The summed E-state index contributed by atoms with van der Waals surface area (Å²) in [6, 6.07) is 1.89. The van der Waals surface area contributed by atoms with Crippen LogP contribution in [-0.4, -0.2) is 18.2 Å².